The monoisotopic (exact) mass is 240 g/mol. The fourth-order valence-electron chi connectivity index (χ4n) is 1.87. The average molecular weight is 240 g/mol. The smallest absolute Gasteiger partial charge is 0.110 e. The van der Waals surface area contributed by atoms with Gasteiger partial charge in [0.1, 0.15) is 6.10 Å². The maximum Gasteiger partial charge on any atom is 0.110 e. The number of allylic oxidation sites excluding steroid dienone is 1. The molecule has 1 heterocycles. The third kappa shape index (κ3) is 6.69. The van der Waals surface area contributed by atoms with E-state index in [0.717, 1.165) is 25.9 Å². The lowest BCUT2D eigenvalue weighted by Gasteiger charge is -2.21. The highest BCUT2D eigenvalue weighted by atomic mass is 16.5. The molecule has 1 N–H and O–H groups in total. The number of hydrogen-bond donors (Lipinski definition) is 1. The van der Waals surface area contributed by atoms with E-state index in [4.69, 9.17) is 4.74 Å². The van der Waals surface area contributed by atoms with Crippen LogP contribution in [0.2, 0.25) is 0 Å². The van der Waals surface area contributed by atoms with Crippen LogP contribution in [-0.2, 0) is 4.74 Å². The standard InChI is InChI=1S/C14H28N2O/c1-13(2)16(3)10-6-5-9-15-12-14-8-4-7-11-17-14/h7,11,13-15H,4-6,8-10,12H2,1-3H3. The summed E-state index contributed by atoms with van der Waals surface area (Å²) in [4.78, 5) is 2.40. The molecule has 0 saturated carbocycles. The normalized spacial score (nSPS) is 19.9. The highest BCUT2D eigenvalue weighted by molar-refractivity contribution is 4.82. The van der Waals surface area contributed by atoms with E-state index in [1.165, 1.54) is 19.4 Å². The molecule has 0 spiro atoms. The largest absolute Gasteiger partial charge is 0.497 e. The van der Waals surface area contributed by atoms with Crippen LogP contribution in [0.25, 0.3) is 0 Å². The number of unbranched alkanes of at least 4 members (excludes halogenated alkanes) is 1. The molecule has 0 amide bonds. The topological polar surface area (TPSA) is 24.5 Å². The summed E-state index contributed by atoms with van der Waals surface area (Å²) in [7, 11) is 2.19. The van der Waals surface area contributed by atoms with Crippen LogP contribution in [0, 0.1) is 0 Å². The number of rotatable bonds is 8. The molecule has 0 saturated heterocycles. The molecule has 0 aromatic carbocycles. The molecule has 0 aliphatic carbocycles. The molecular formula is C14H28N2O. The first-order valence-electron chi connectivity index (χ1n) is 6.91. The summed E-state index contributed by atoms with van der Waals surface area (Å²) in [5.41, 5.74) is 0. The second-order valence-corrected chi connectivity index (χ2v) is 5.19. The number of nitrogens with one attached hydrogen (secondary N) is 1. The van der Waals surface area contributed by atoms with Gasteiger partial charge in [0.25, 0.3) is 0 Å². The van der Waals surface area contributed by atoms with Gasteiger partial charge in [0, 0.05) is 12.6 Å². The van der Waals surface area contributed by atoms with Crippen LogP contribution in [-0.4, -0.2) is 43.7 Å². The van der Waals surface area contributed by atoms with Gasteiger partial charge in [-0.15, -0.1) is 0 Å². The Morgan fingerprint density at radius 3 is 2.88 bits per heavy atom. The minimum absolute atomic E-state index is 0.387. The van der Waals surface area contributed by atoms with Crippen molar-refractivity contribution < 1.29 is 4.74 Å². The van der Waals surface area contributed by atoms with Gasteiger partial charge < -0.3 is 15.0 Å². The average Bonchev–Trinajstić information content (AvgIpc) is 2.34. The second-order valence-electron chi connectivity index (χ2n) is 5.19. The van der Waals surface area contributed by atoms with Crippen molar-refractivity contribution in [3.63, 3.8) is 0 Å². The molecule has 0 fully saturated rings. The minimum atomic E-state index is 0.387. The highest BCUT2D eigenvalue weighted by Gasteiger charge is 2.09. The zero-order valence-corrected chi connectivity index (χ0v) is 11.6. The third-order valence-corrected chi connectivity index (χ3v) is 3.39. The molecule has 1 aliphatic heterocycles. The molecule has 17 heavy (non-hydrogen) atoms. The van der Waals surface area contributed by atoms with Gasteiger partial charge in [0.15, 0.2) is 0 Å². The zero-order valence-electron chi connectivity index (χ0n) is 11.6. The Hall–Kier alpha value is -0.540. The summed E-state index contributed by atoms with van der Waals surface area (Å²) in [5.74, 6) is 0. The lowest BCUT2D eigenvalue weighted by atomic mass is 10.1. The van der Waals surface area contributed by atoms with Crippen molar-refractivity contribution in [2.24, 2.45) is 0 Å². The first-order chi connectivity index (χ1) is 8.20. The van der Waals surface area contributed by atoms with Crippen LogP contribution in [0.3, 0.4) is 0 Å². The Balaban J connectivity index is 1.89. The van der Waals surface area contributed by atoms with Gasteiger partial charge in [0.05, 0.1) is 6.26 Å². The van der Waals surface area contributed by atoms with E-state index in [1.54, 1.807) is 0 Å². The number of hydrogen-bond acceptors (Lipinski definition) is 3. The van der Waals surface area contributed by atoms with Crippen molar-refractivity contribution in [1.29, 1.82) is 0 Å². The maximum absolute atomic E-state index is 5.50. The van der Waals surface area contributed by atoms with Crippen molar-refractivity contribution in [2.75, 3.05) is 26.7 Å². The SMILES string of the molecule is CC(C)N(C)CCCCNCC1CCC=CO1. The number of ether oxygens (including phenoxy) is 1. The maximum atomic E-state index is 5.50. The quantitative estimate of drug-likeness (QED) is 0.659. The fraction of sp³-hybridized carbons (Fsp3) is 0.857. The number of nitrogens with zero attached hydrogens (tertiary/aromatic N) is 1. The summed E-state index contributed by atoms with van der Waals surface area (Å²) in [6.45, 7) is 7.78. The van der Waals surface area contributed by atoms with Crippen LogP contribution in [0.4, 0.5) is 0 Å². The molecule has 3 nitrogen and oxygen atoms in total. The summed E-state index contributed by atoms with van der Waals surface area (Å²) >= 11 is 0. The van der Waals surface area contributed by atoms with E-state index >= 15 is 0 Å². The fourth-order valence-corrected chi connectivity index (χ4v) is 1.87. The van der Waals surface area contributed by atoms with Gasteiger partial charge >= 0.3 is 0 Å². The van der Waals surface area contributed by atoms with Crippen molar-refractivity contribution in [1.82, 2.24) is 10.2 Å². The Kier molecular flexibility index (Phi) is 7.29. The molecular weight excluding hydrogens is 212 g/mol. The summed E-state index contributed by atoms with van der Waals surface area (Å²) < 4.78 is 5.50. The van der Waals surface area contributed by atoms with Crippen LogP contribution in [0.1, 0.15) is 39.5 Å². The Bertz CT molecular complexity index is 216. The first kappa shape index (κ1) is 14.5. The predicted octanol–water partition coefficient (Wildman–Crippen LogP) is 2.39. The van der Waals surface area contributed by atoms with Crippen molar-refractivity contribution >= 4 is 0 Å². The summed E-state index contributed by atoms with van der Waals surface area (Å²) in [5, 5.41) is 3.48. The summed E-state index contributed by atoms with van der Waals surface area (Å²) in [6, 6.07) is 0.658. The molecule has 1 atom stereocenters. The minimum Gasteiger partial charge on any atom is -0.497 e. The Morgan fingerprint density at radius 1 is 1.41 bits per heavy atom. The molecule has 0 aromatic heterocycles. The molecule has 100 valence electrons. The zero-order chi connectivity index (χ0) is 12.5. The van der Waals surface area contributed by atoms with Crippen molar-refractivity contribution in [3.8, 4) is 0 Å². The Morgan fingerprint density at radius 2 is 2.24 bits per heavy atom. The van der Waals surface area contributed by atoms with Crippen LogP contribution < -0.4 is 5.32 Å². The van der Waals surface area contributed by atoms with Gasteiger partial charge in [-0.1, -0.05) is 0 Å². The van der Waals surface area contributed by atoms with Gasteiger partial charge in [-0.05, 0) is 65.7 Å². The van der Waals surface area contributed by atoms with Gasteiger partial charge in [0.2, 0.25) is 0 Å². The van der Waals surface area contributed by atoms with Crippen LogP contribution in [0.5, 0.6) is 0 Å². The molecule has 0 bridgehead atoms. The second kappa shape index (κ2) is 8.54. The van der Waals surface area contributed by atoms with E-state index < -0.39 is 0 Å². The van der Waals surface area contributed by atoms with Gasteiger partial charge in [-0.3, -0.25) is 0 Å². The molecule has 0 radical (unpaired) electrons. The lowest BCUT2D eigenvalue weighted by Crippen LogP contribution is -2.31. The molecule has 1 unspecified atom stereocenters. The van der Waals surface area contributed by atoms with E-state index in [2.05, 4.69) is 37.2 Å². The van der Waals surface area contributed by atoms with E-state index in [0.29, 0.717) is 12.1 Å². The Labute approximate surface area is 106 Å². The molecule has 3 heteroatoms. The molecule has 1 rings (SSSR count). The van der Waals surface area contributed by atoms with Gasteiger partial charge in [-0.25, -0.2) is 0 Å². The lowest BCUT2D eigenvalue weighted by molar-refractivity contribution is 0.122. The van der Waals surface area contributed by atoms with Gasteiger partial charge in [-0.2, -0.15) is 0 Å². The van der Waals surface area contributed by atoms with E-state index in [-0.39, 0.29) is 0 Å². The van der Waals surface area contributed by atoms with E-state index in [9.17, 15) is 0 Å². The van der Waals surface area contributed by atoms with Crippen molar-refractivity contribution in [3.05, 3.63) is 12.3 Å². The molecule has 1 aliphatic rings. The van der Waals surface area contributed by atoms with E-state index in [1.807, 2.05) is 6.26 Å². The predicted molar refractivity (Wildman–Crippen MR) is 73.1 cm³/mol. The van der Waals surface area contributed by atoms with Crippen LogP contribution >= 0.6 is 0 Å². The first-order valence-corrected chi connectivity index (χ1v) is 6.91. The van der Waals surface area contributed by atoms with Crippen molar-refractivity contribution in [2.45, 2.75) is 51.7 Å². The molecule has 0 aromatic rings. The summed E-state index contributed by atoms with van der Waals surface area (Å²) in [6.07, 6.45) is 9.15. The van der Waals surface area contributed by atoms with Crippen LogP contribution in [0.15, 0.2) is 12.3 Å². The highest BCUT2D eigenvalue weighted by Crippen LogP contribution is 2.08. The third-order valence-electron chi connectivity index (χ3n) is 3.39.